The van der Waals surface area contributed by atoms with Crippen LogP contribution in [0.2, 0.25) is 0 Å². The van der Waals surface area contributed by atoms with Crippen LogP contribution in [0.3, 0.4) is 0 Å². The highest BCUT2D eigenvalue weighted by Crippen LogP contribution is 2.30. The Kier molecular flexibility index (Phi) is 6.81. The molecule has 7 heteroatoms. The number of rotatable bonds is 7. The summed E-state index contributed by atoms with van der Waals surface area (Å²) < 4.78 is 2.88. The average molecular weight is 464 g/mol. The van der Waals surface area contributed by atoms with Gasteiger partial charge >= 0.3 is 0 Å². The molecule has 0 spiro atoms. The molecular weight excluding hydrogens is 434 g/mol. The number of carbonyl (C=O) groups excluding carboxylic acids is 1. The normalized spacial score (nSPS) is 15.3. The number of phenols is 1. The van der Waals surface area contributed by atoms with E-state index in [1.807, 2.05) is 31.2 Å². The van der Waals surface area contributed by atoms with E-state index >= 15 is 0 Å². The number of anilines is 1. The van der Waals surface area contributed by atoms with Gasteiger partial charge in [0.25, 0.3) is 11.5 Å². The topological polar surface area (TPSA) is 74.6 Å². The first-order chi connectivity index (χ1) is 15.9. The molecule has 1 aliphatic heterocycles. The molecule has 0 radical (unpaired) electrons. The van der Waals surface area contributed by atoms with Crippen LogP contribution in [-0.2, 0) is 11.3 Å². The zero-order valence-electron chi connectivity index (χ0n) is 19.2. The van der Waals surface area contributed by atoms with Crippen molar-refractivity contribution in [3.8, 4) is 5.75 Å². The molecule has 0 bridgehead atoms. The largest absolute Gasteiger partial charge is 0.507 e. The summed E-state index contributed by atoms with van der Waals surface area (Å²) in [6.07, 6.45) is 2.51. The van der Waals surface area contributed by atoms with Gasteiger partial charge in [0.15, 0.2) is 0 Å². The average Bonchev–Trinajstić information content (AvgIpc) is 3.28. The molecule has 0 unspecified atom stereocenters. The maximum Gasteiger partial charge on any atom is 0.269 e. The molecule has 33 heavy (non-hydrogen) atoms. The summed E-state index contributed by atoms with van der Waals surface area (Å²) in [5.74, 6) is -0.0735. The summed E-state index contributed by atoms with van der Waals surface area (Å²) in [6.45, 7) is 9.56. The number of fused-ring (bicyclic) bond motifs is 1. The summed E-state index contributed by atoms with van der Waals surface area (Å²) in [4.78, 5) is 28.8. The van der Waals surface area contributed by atoms with Crippen LogP contribution in [0.25, 0.3) is 11.6 Å². The minimum absolute atomic E-state index is 0.118. The number of aryl methyl sites for hydroxylation is 1. The number of aromatic nitrogens is 1. The molecule has 0 saturated carbocycles. The van der Waals surface area contributed by atoms with E-state index in [1.165, 1.54) is 11.3 Å². The first-order valence-electron chi connectivity index (χ1n) is 11.3. The summed E-state index contributed by atoms with van der Waals surface area (Å²) in [5, 5.41) is 13.1. The molecule has 0 aliphatic carbocycles. The molecule has 0 saturated heterocycles. The van der Waals surface area contributed by atoms with Crippen molar-refractivity contribution in [1.29, 1.82) is 0 Å². The Morgan fingerprint density at radius 1 is 1.12 bits per heavy atom. The Hall–Kier alpha value is -3.16. The molecule has 2 aromatic carbocycles. The van der Waals surface area contributed by atoms with Gasteiger partial charge in [-0.3, -0.25) is 14.2 Å². The second-order valence-electron chi connectivity index (χ2n) is 8.19. The highest BCUT2D eigenvalue weighted by atomic mass is 32.1. The lowest BCUT2D eigenvalue weighted by Gasteiger charge is -2.17. The smallest absolute Gasteiger partial charge is 0.269 e. The molecule has 0 atom stereocenters. The first kappa shape index (κ1) is 23.0. The zero-order valence-corrected chi connectivity index (χ0v) is 20.0. The number of thiazole rings is 1. The van der Waals surface area contributed by atoms with Gasteiger partial charge in [-0.05, 0) is 57.3 Å². The van der Waals surface area contributed by atoms with Crippen LogP contribution in [0.4, 0.5) is 5.69 Å². The van der Waals surface area contributed by atoms with Crippen molar-refractivity contribution in [3.63, 3.8) is 0 Å². The fourth-order valence-electron chi connectivity index (χ4n) is 4.14. The van der Waals surface area contributed by atoms with Crippen LogP contribution >= 0.6 is 11.3 Å². The molecule has 6 nitrogen and oxygen atoms in total. The summed E-state index contributed by atoms with van der Waals surface area (Å²) >= 11 is 1.30. The molecular formula is C26H29N3O3S. The number of hydrogen-bond donors (Lipinski definition) is 2. The number of para-hydroxylation sites is 1. The van der Waals surface area contributed by atoms with Crippen molar-refractivity contribution in [3.05, 3.63) is 78.7 Å². The maximum absolute atomic E-state index is 13.5. The quantitative estimate of drug-likeness (QED) is 0.565. The molecule has 3 aromatic rings. The third-order valence-electron chi connectivity index (χ3n) is 6.02. The van der Waals surface area contributed by atoms with Crippen molar-refractivity contribution in [2.24, 2.45) is 0 Å². The number of nitrogens with one attached hydrogen (secondary N) is 1. The Morgan fingerprint density at radius 2 is 1.88 bits per heavy atom. The van der Waals surface area contributed by atoms with Crippen LogP contribution in [0.15, 0.2) is 47.3 Å². The first-order valence-corrected chi connectivity index (χ1v) is 12.1. The van der Waals surface area contributed by atoms with Gasteiger partial charge in [0.2, 0.25) is 0 Å². The van der Waals surface area contributed by atoms with Crippen LogP contribution < -0.4 is 20.1 Å². The highest BCUT2D eigenvalue weighted by molar-refractivity contribution is 7.07. The van der Waals surface area contributed by atoms with Crippen molar-refractivity contribution in [1.82, 2.24) is 9.47 Å². The van der Waals surface area contributed by atoms with E-state index in [1.54, 1.807) is 28.8 Å². The predicted octanol–water partition coefficient (Wildman–Crippen LogP) is 2.64. The fourth-order valence-corrected chi connectivity index (χ4v) is 5.33. The lowest BCUT2D eigenvalue weighted by atomic mass is 10.1. The molecule has 0 fully saturated rings. The van der Waals surface area contributed by atoms with Gasteiger partial charge in [-0.2, -0.15) is 0 Å². The van der Waals surface area contributed by atoms with Crippen molar-refractivity contribution >= 4 is 34.6 Å². The van der Waals surface area contributed by atoms with E-state index < -0.39 is 0 Å². The van der Waals surface area contributed by atoms with Crippen LogP contribution in [0, 0.1) is 6.92 Å². The Bertz CT molecular complexity index is 1370. The molecule has 1 amide bonds. The lowest BCUT2D eigenvalue weighted by Crippen LogP contribution is -2.34. The van der Waals surface area contributed by atoms with E-state index in [0.29, 0.717) is 26.9 Å². The number of aromatic hydroxyl groups is 1. The molecule has 2 heterocycles. The standard InChI is InChI=1S/C26H29N3O3S/c1-4-28(5-2)13-8-14-29-25(32)22(16-18-9-6-7-10-21(18)30)33-26(29)23-19-15-17(3)11-12-20(19)27-24(23)31/h6-7,9-12,15-16,30H,4-5,8,13-14H2,1-3H3,(H,27,31)/b22-16-,26-23+. The van der Waals surface area contributed by atoms with Gasteiger partial charge in [0.1, 0.15) is 10.4 Å². The number of hydrogen-bond acceptors (Lipinski definition) is 5. The Labute approximate surface area is 197 Å². The molecule has 172 valence electrons. The summed E-state index contributed by atoms with van der Waals surface area (Å²) in [6, 6.07) is 12.8. The van der Waals surface area contributed by atoms with Gasteiger partial charge in [0, 0.05) is 23.4 Å². The Balaban J connectivity index is 1.91. The molecule has 1 aliphatic rings. The molecule has 1 aromatic heterocycles. The number of benzene rings is 2. The minimum atomic E-state index is -0.191. The van der Waals surface area contributed by atoms with Crippen molar-refractivity contribution < 1.29 is 9.90 Å². The van der Waals surface area contributed by atoms with Gasteiger partial charge in [-0.15, -0.1) is 11.3 Å². The van der Waals surface area contributed by atoms with E-state index in [2.05, 4.69) is 24.1 Å². The second-order valence-corrected chi connectivity index (χ2v) is 9.22. The van der Waals surface area contributed by atoms with Gasteiger partial charge < -0.3 is 15.3 Å². The second kappa shape index (κ2) is 9.77. The van der Waals surface area contributed by atoms with E-state index in [0.717, 1.165) is 42.9 Å². The highest BCUT2D eigenvalue weighted by Gasteiger charge is 2.27. The third-order valence-corrected chi connectivity index (χ3v) is 7.15. The van der Waals surface area contributed by atoms with Gasteiger partial charge in [0.05, 0.1) is 10.1 Å². The van der Waals surface area contributed by atoms with E-state index in [9.17, 15) is 14.7 Å². The van der Waals surface area contributed by atoms with Crippen LogP contribution in [0.5, 0.6) is 5.75 Å². The SMILES string of the molecule is CCN(CC)CCCn1c(=O)/c(=C/c2ccccc2O)s/c1=C1/C(=O)Nc2ccc(C)cc21. The van der Waals surface area contributed by atoms with Gasteiger partial charge in [-0.25, -0.2) is 0 Å². The van der Waals surface area contributed by atoms with E-state index in [-0.39, 0.29) is 17.2 Å². The Morgan fingerprint density at radius 3 is 2.61 bits per heavy atom. The summed E-state index contributed by atoms with van der Waals surface area (Å²) in [5.41, 5.74) is 3.62. The number of carbonyl (C=O) groups is 1. The lowest BCUT2D eigenvalue weighted by molar-refractivity contribution is -0.110. The minimum Gasteiger partial charge on any atom is -0.507 e. The zero-order chi connectivity index (χ0) is 23.5. The van der Waals surface area contributed by atoms with Crippen molar-refractivity contribution in [2.45, 2.75) is 33.7 Å². The molecule has 2 N–H and O–H groups in total. The number of phenolic OH excluding ortho intramolecular Hbond substituents is 1. The summed E-state index contributed by atoms with van der Waals surface area (Å²) in [7, 11) is 0. The fraction of sp³-hybridized carbons (Fsp3) is 0.308. The number of nitrogens with zero attached hydrogens (tertiary/aromatic N) is 2. The van der Waals surface area contributed by atoms with Crippen LogP contribution in [-0.4, -0.2) is 40.1 Å². The monoisotopic (exact) mass is 463 g/mol. The third kappa shape index (κ3) is 4.65. The van der Waals surface area contributed by atoms with E-state index in [4.69, 9.17) is 0 Å². The van der Waals surface area contributed by atoms with Crippen LogP contribution in [0.1, 0.15) is 37.0 Å². The molecule has 4 rings (SSSR count). The number of amides is 1. The van der Waals surface area contributed by atoms with Gasteiger partial charge in [-0.1, -0.05) is 43.7 Å². The predicted molar refractivity (Wildman–Crippen MR) is 134 cm³/mol. The maximum atomic E-state index is 13.5. The van der Waals surface area contributed by atoms with Crippen molar-refractivity contribution in [2.75, 3.05) is 25.0 Å².